The highest BCUT2D eigenvalue weighted by Gasteiger charge is 2.10. The van der Waals surface area contributed by atoms with Gasteiger partial charge in [-0.3, -0.25) is 9.59 Å². The van der Waals surface area contributed by atoms with E-state index in [1.165, 1.54) is 0 Å². The molecule has 0 unspecified atom stereocenters. The van der Waals surface area contributed by atoms with E-state index in [9.17, 15) is 9.59 Å². The van der Waals surface area contributed by atoms with Crippen LogP contribution in [0.5, 0.6) is 0 Å². The Balaban J connectivity index is 1.67. The molecule has 1 atom stereocenters. The molecule has 0 saturated heterocycles. The monoisotopic (exact) mass is 311 g/mol. The zero-order chi connectivity index (χ0) is 16.5. The number of nitrogens with zero attached hydrogens (tertiary/aromatic N) is 1. The molecule has 0 aliphatic rings. The molecule has 23 heavy (non-hydrogen) atoms. The number of nitrogens with one attached hydrogen (secondary N) is 2. The van der Waals surface area contributed by atoms with Crippen molar-refractivity contribution in [1.82, 2.24) is 10.3 Å². The number of carbonyl (C=O) groups is 2. The van der Waals surface area contributed by atoms with Crippen molar-refractivity contribution < 1.29 is 9.59 Å². The van der Waals surface area contributed by atoms with Gasteiger partial charge in [-0.2, -0.15) is 0 Å². The van der Waals surface area contributed by atoms with Crippen molar-refractivity contribution in [3.63, 3.8) is 0 Å². The third-order valence-corrected chi connectivity index (χ3v) is 3.42. The minimum absolute atomic E-state index is 0.0361. The standard InChI is InChI=1S/C18H21N3O2/c1-14(15-8-3-2-4-9-15)20-17(22)11-7-12-18(23)21-16-10-5-6-13-19-16/h2-6,8-10,13-14H,7,11-12H2,1H3,(H,20,22)(H,19,21,23)/t14-/m1/s1. The van der Waals surface area contributed by atoms with Gasteiger partial charge in [-0.05, 0) is 31.0 Å². The summed E-state index contributed by atoms with van der Waals surface area (Å²) in [5.41, 5.74) is 1.06. The molecule has 5 heteroatoms. The maximum absolute atomic E-state index is 11.9. The smallest absolute Gasteiger partial charge is 0.225 e. The van der Waals surface area contributed by atoms with Gasteiger partial charge in [0, 0.05) is 19.0 Å². The van der Waals surface area contributed by atoms with Gasteiger partial charge in [-0.25, -0.2) is 4.98 Å². The van der Waals surface area contributed by atoms with E-state index >= 15 is 0 Å². The lowest BCUT2D eigenvalue weighted by molar-refractivity contribution is -0.122. The molecule has 2 N–H and O–H groups in total. The number of pyridine rings is 1. The first-order valence-electron chi connectivity index (χ1n) is 7.70. The van der Waals surface area contributed by atoms with Crippen LogP contribution in [0, 0.1) is 0 Å². The van der Waals surface area contributed by atoms with Gasteiger partial charge in [-0.15, -0.1) is 0 Å². The molecule has 0 radical (unpaired) electrons. The van der Waals surface area contributed by atoms with Crippen molar-refractivity contribution in [3.05, 3.63) is 60.3 Å². The Morgan fingerprint density at radius 1 is 1.00 bits per heavy atom. The van der Waals surface area contributed by atoms with E-state index in [4.69, 9.17) is 0 Å². The SMILES string of the molecule is C[C@@H](NC(=O)CCCC(=O)Nc1ccccn1)c1ccccc1. The first kappa shape index (κ1) is 16.7. The summed E-state index contributed by atoms with van der Waals surface area (Å²) in [4.78, 5) is 27.7. The summed E-state index contributed by atoms with van der Waals surface area (Å²) in [6, 6.07) is 15.1. The summed E-state index contributed by atoms with van der Waals surface area (Å²) in [6.45, 7) is 1.95. The molecule has 0 saturated carbocycles. The van der Waals surface area contributed by atoms with Crippen molar-refractivity contribution in [3.8, 4) is 0 Å². The number of amides is 2. The van der Waals surface area contributed by atoms with Crippen LogP contribution in [0.15, 0.2) is 54.7 Å². The lowest BCUT2D eigenvalue weighted by Gasteiger charge is -2.14. The maximum atomic E-state index is 11.9. The normalized spacial score (nSPS) is 11.5. The van der Waals surface area contributed by atoms with Crippen molar-refractivity contribution in [1.29, 1.82) is 0 Å². The fraction of sp³-hybridized carbons (Fsp3) is 0.278. The van der Waals surface area contributed by atoms with Crippen molar-refractivity contribution >= 4 is 17.6 Å². The highest BCUT2D eigenvalue weighted by Crippen LogP contribution is 2.11. The summed E-state index contributed by atoms with van der Waals surface area (Å²) in [5, 5.41) is 5.64. The molecule has 5 nitrogen and oxygen atoms in total. The molecule has 2 aromatic rings. The van der Waals surface area contributed by atoms with Crippen LogP contribution < -0.4 is 10.6 Å². The largest absolute Gasteiger partial charge is 0.350 e. The van der Waals surface area contributed by atoms with Gasteiger partial charge < -0.3 is 10.6 Å². The highest BCUT2D eigenvalue weighted by atomic mass is 16.2. The van der Waals surface area contributed by atoms with E-state index in [2.05, 4.69) is 15.6 Å². The highest BCUT2D eigenvalue weighted by molar-refractivity contribution is 5.90. The molecule has 0 bridgehead atoms. The molecule has 0 fully saturated rings. The fourth-order valence-electron chi connectivity index (χ4n) is 2.19. The number of carbonyl (C=O) groups excluding carboxylic acids is 2. The number of anilines is 1. The second-order valence-electron chi connectivity index (χ2n) is 5.32. The molecular weight excluding hydrogens is 290 g/mol. The summed E-state index contributed by atoms with van der Waals surface area (Å²) >= 11 is 0. The van der Waals surface area contributed by atoms with Crippen LogP contribution in [-0.2, 0) is 9.59 Å². The second-order valence-corrected chi connectivity index (χ2v) is 5.32. The average molecular weight is 311 g/mol. The fourth-order valence-corrected chi connectivity index (χ4v) is 2.19. The number of aromatic nitrogens is 1. The Labute approximate surface area is 136 Å². The van der Waals surface area contributed by atoms with Crippen LogP contribution in [0.1, 0.15) is 37.8 Å². The van der Waals surface area contributed by atoms with Crippen molar-refractivity contribution in [2.45, 2.75) is 32.2 Å². The first-order valence-corrected chi connectivity index (χ1v) is 7.70. The molecule has 0 aliphatic heterocycles. The molecule has 2 rings (SSSR count). The van der Waals surface area contributed by atoms with Gasteiger partial charge in [0.05, 0.1) is 6.04 Å². The third kappa shape index (κ3) is 5.90. The summed E-state index contributed by atoms with van der Waals surface area (Å²) in [7, 11) is 0. The van der Waals surface area contributed by atoms with E-state index in [-0.39, 0.29) is 17.9 Å². The molecule has 2 amide bonds. The van der Waals surface area contributed by atoms with Crippen molar-refractivity contribution in [2.24, 2.45) is 0 Å². The zero-order valence-corrected chi connectivity index (χ0v) is 13.2. The van der Waals surface area contributed by atoms with Crippen LogP contribution in [0.4, 0.5) is 5.82 Å². The molecule has 1 aromatic heterocycles. The average Bonchev–Trinajstić information content (AvgIpc) is 2.56. The molecule has 1 heterocycles. The Bertz CT molecular complexity index is 629. The molecule has 0 spiro atoms. The minimum Gasteiger partial charge on any atom is -0.350 e. The summed E-state index contributed by atoms with van der Waals surface area (Å²) in [6.07, 6.45) is 2.75. The van der Waals surface area contributed by atoms with Crippen LogP contribution in [0.2, 0.25) is 0 Å². The van der Waals surface area contributed by atoms with Crippen LogP contribution in [-0.4, -0.2) is 16.8 Å². The van der Waals surface area contributed by atoms with Gasteiger partial charge in [0.1, 0.15) is 5.82 Å². The maximum Gasteiger partial charge on any atom is 0.225 e. The number of hydrogen-bond acceptors (Lipinski definition) is 3. The topological polar surface area (TPSA) is 71.1 Å². The lowest BCUT2D eigenvalue weighted by Crippen LogP contribution is -2.26. The van der Waals surface area contributed by atoms with Crippen LogP contribution >= 0.6 is 0 Å². The zero-order valence-electron chi connectivity index (χ0n) is 13.2. The minimum atomic E-state index is -0.132. The molecule has 120 valence electrons. The molecule has 1 aromatic carbocycles. The van der Waals surface area contributed by atoms with Crippen LogP contribution in [0.25, 0.3) is 0 Å². The van der Waals surface area contributed by atoms with Gasteiger partial charge in [0.15, 0.2) is 0 Å². The predicted molar refractivity (Wildman–Crippen MR) is 89.7 cm³/mol. The van der Waals surface area contributed by atoms with Crippen LogP contribution in [0.3, 0.4) is 0 Å². The van der Waals surface area contributed by atoms with E-state index in [1.807, 2.05) is 37.3 Å². The Morgan fingerprint density at radius 2 is 1.70 bits per heavy atom. The Hall–Kier alpha value is -2.69. The quantitative estimate of drug-likeness (QED) is 0.825. The number of rotatable bonds is 7. The third-order valence-electron chi connectivity index (χ3n) is 3.42. The Kier molecular flexibility index (Phi) is 6.29. The van der Waals surface area contributed by atoms with Crippen molar-refractivity contribution in [2.75, 3.05) is 5.32 Å². The summed E-state index contributed by atoms with van der Waals surface area (Å²) in [5.74, 6) is 0.347. The first-order chi connectivity index (χ1) is 11.1. The number of hydrogen-bond donors (Lipinski definition) is 2. The number of benzene rings is 1. The summed E-state index contributed by atoms with van der Waals surface area (Å²) < 4.78 is 0. The lowest BCUT2D eigenvalue weighted by atomic mass is 10.1. The van der Waals surface area contributed by atoms with Gasteiger partial charge in [0.25, 0.3) is 0 Å². The van der Waals surface area contributed by atoms with Gasteiger partial charge >= 0.3 is 0 Å². The van der Waals surface area contributed by atoms with E-state index < -0.39 is 0 Å². The molecule has 0 aliphatic carbocycles. The predicted octanol–water partition coefficient (Wildman–Crippen LogP) is 3.07. The van der Waals surface area contributed by atoms with Gasteiger partial charge in [0.2, 0.25) is 11.8 Å². The van der Waals surface area contributed by atoms with E-state index in [1.54, 1.807) is 24.4 Å². The molecular formula is C18H21N3O2. The Morgan fingerprint density at radius 3 is 2.39 bits per heavy atom. The second kappa shape index (κ2) is 8.68. The van der Waals surface area contributed by atoms with E-state index in [0.717, 1.165) is 5.56 Å². The van der Waals surface area contributed by atoms with E-state index in [0.29, 0.717) is 25.1 Å². The van der Waals surface area contributed by atoms with Gasteiger partial charge in [-0.1, -0.05) is 36.4 Å².